The molecule has 0 saturated heterocycles. The lowest BCUT2D eigenvalue weighted by Gasteiger charge is -2.14. The van der Waals surface area contributed by atoms with E-state index in [-0.39, 0.29) is 10.9 Å². The van der Waals surface area contributed by atoms with Crippen molar-refractivity contribution in [2.24, 2.45) is 0 Å². The molecular weight excluding hydrogens is 433 g/mol. The van der Waals surface area contributed by atoms with Gasteiger partial charge in [-0.15, -0.1) is 0 Å². The number of benzene rings is 2. The third kappa shape index (κ3) is 5.52. The molecule has 0 bridgehead atoms. The molecule has 1 fully saturated rings. The van der Waals surface area contributed by atoms with Crippen molar-refractivity contribution in [2.45, 2.75) is 25.8 Å². The number of ether oxygens (including phenoxy) is 1. The Morgan fingerprint density at radius 2 is 2.12 bits per heavy atom. The zero-order valence-corrected chi connectivity index (χ0v) is 18.2. The highest BCUT2D eigenvalue weighted by molar-refractivity contribution is 6.31. The molecule has 1 aromatic heterocycles. The molecule has 3 aromatic rings. The van der Waals surface area contributed by atoms with Crippen molar-refractivity contribution in [1.29, 1.82) is 0 Å². The van der Waals surface area contributed by atoms with Crippen LogP contribution in [0.25, 0.3) is 10.9 Å². The van der Waals surface area contributed by atoms with Crippen LogP contribution < -0.4 is 20.7 Å². The number of hydrogen-bond donors (Lipinski definition) is 3. The molecule has 3 N–H and O–H groups in total. The summed E-state index contributed by atoms with van der Waals surface area (Å²) in [7, 11) is 0. The minimum Gasteiger partial charge on any atom is -0.492 e. The van der Waals surface area contributed by atoms with Crippen molar-refractivity contribution in [3.8, 4) is 5.75 Å². The molecule has 166 valence electrons. The van der Waals surface area contributed by atoms with Crippen LogP contribution in [0.4, 0.5) is 21.6 Å². The zero-order valence-electron chi connectivity index (χ0n) is 17.5. The van der Waals surface area contributed by atoms with Gasteiger partial charge in [-0.2, -0.15) is 0 Å². The Morgan fingerprint density at radius 1 is 1.28 bits per heavy atom. The van der Waals surface area contributed by atoms with Crippen LogP contribution in [0.1, 0.15) is 19.8 Å². The Balaban J connectivity index is 1.60. The molecule has 32 heavy (non-hydrogen) atoms. The van der Waals surface area contributed by atoms with Crippen LogP contribution in [0.5, 0.6) is 5.75 Å². The molecule has 0 atom stereocenters. The molecule has 1 amide bonds. The first-order valence-corrected chi connectivity index (χ1v) is 10.8. The molecular formula is C23H23ClFN5O2. The molecule has 1 saturated carbocycles. The number of rotatable bonds is 9. The average Bonchev–Trinajstić information content (AvgIpc) is 3.59. The van der Waals surface area contributed by atoms with Crippen molar-refractivity contribution >= 4 is 45.6 Å². The fourth-order valence-electron chi connectivity index (χ4n) is 3.13. The van der Waals surface area contributed by atoms with Crippen LogP contribution in [0.3, 0.4) is 0 Å². The van der Waals surface area contributed by atoms with E-state index in [1.807, 2.05) is 6.92 Å². The summed E-state index contributed by atoms with van der Waals surface area (Å²) >= 11 is 5.89. The molecule has 0 radical (unpaired) electrons. The predicted molar refractivity (Wildman–Crippen MR) is 124 cm³/mol. The molecule has 7 nitrogen and oxygen atoms in total. The van der Waals surface area contributed by atoms with E-state index in [9.17, 15) is 9.18 Å². The molecule has 0 aliphatic heterocycles. The highest BCUT2D eigenvalue weighted by Gasteiger charge is 2.19. The van der Waals surface area contributed by atoms with E-state index in [0.717, 1.165) is 0 Å². The van der Waals surface area contributed by atoms with Gasteiger partial charge in [-0.1, -0.05) is 17.7 Å². The zero-order chi connectivity index (χ0) is 22.5. The largest absolute Gasteiger partial charge is 0.492 e. The lowest BCUT2D eigenvalue weighted by molar-refractivity contribution is -0.111. The smallest absolute Gasteiger partial charge is 0.248 e. The number of hydrogen-bond acceptors (Lipinski definition) is 6. The van der Waals surface area contributed by atoms with Gasteiger partial charge >= 0.3 is 0 Å². The van der Waals surface area contributed by atoms with Gasteiger partial charge in [0, 0.05) is 35.8 Å². The van der Waals surface area contributed by atoms with Gasteiger partial charge in [0.05, 0.1) is 22.8 Å². The van der Waals surface area contributed by atoms with E-state index >= 15 is 0 Å². The number of aromatic nitrogens is 2. The Labute approximate surface area is 190 Å². The highest BCUT2D eigenvalue weighted by atomic mass is 35.5. The fourth-order valence-corrected chi connectivity index (χ4v) is 3.31. The van der Waals surface area contributed by atoms with Crippen molar-refractivity contribution in [3.63, 3.8) is 0 Å². The maximum Gasteiger partial charge on any atom is 0.248 e. The SMILES string of the molecule is CCOc1cc2ncnc(Nc3ccc(F)c(Cl)c3)c2cc1NC(=O)C=CCNC1CC1. The summed E-state index contributed by atoms with van der Waals surface area (Å²) in [4.78, 5) is 21.0. The summed E-state index contributed by atoms with van der Waals surface area (Å²) in [6.07, 6.45) is 7.09. The summed E-state index contributed by atoms with van der Waals surface area (Å²) in [6, 6.07) is 8.39. The van der Waals surface area contributed by atoms with Crippen LogP contribution in [0.2, 0.25) is 5.02 Å². The van der Waals surface area contributed by atoms with Crippen LogP contribution in [-0.2, 0) is 4.79 Å². The fraction of sp³-hybridized carbons (Fsp3) is 0.261. The Bertz CT molecular complexity index is 1170. The van der Waals surface area contributed by atoms with E-state index in [4.69, 9.17) is 16.3 Å². The second kappa shape index (κ2) is 9.93. The lowest BCUT2D eigenvalue weighted by atomic mass is 10.1. The second-order valence-corrected chi connectivity index (χ2v) is 7.76. The minimum absolute atomic E-state index is 0.00269. The lowest BCUT2D eigenvalue weighted by Crippen LogP contribution is -2.16. The number of nitrogens with one attached hydrogen (secondary N) is 3. The molecule has 4 rings (SSSR count). The predicted octanol–water partition coefficient (Wildman–Crippen LogP) is 4.81. The molecule has 1 aliphatic carbocycles. The monoisotopic (exact) mass is 455 g/mol. The Morgan fingerprint density at radius 3 is 2.88 bits per heavy atom. The van der Waals surface area contributed by atoms with Gasteiger partial charge in [-0.3, -0.25) is 4.79 Å². The quantitative estimate of drug-likeness (QED) is 0.401. The van der Waals surface area contributed by atoms with Gasteiger partial charge in [0.2, 0.25) is 5.91 Å². The number of amides is 1. The topological polar surface area (TPSA) is 88.2 Å². The molecule has 0 unspecified atom stereocenters. The van der Waals surface area contributed by atoms with Gasteiger partial charge in [0.25, 0.3) is 0 Å². The first-order valence-electron chi connectivity index (χ1n) is 10.4. The first-order chi connectivity index (χ1) is 15.5. The summed E-state index contributed by atoms with van der Waals surface area (Å²) < 4.78 is 19.2. The van der Waals surface area contributed by atoms with Crippen LogP contribution >= 0.6 is 11.6 Å². The van der Waals surface area contributed by atoms with E-state index in [2.05, 4.69) is 25.9 Å². The Hall–Kier alpha value is -3.23. The number of anilines is 3. The average molecular weight is 456 g/mol. The van der Waals surface area contributed by atoms with Crippen LogP contribution in [0.15, 0.2) is 48.8 Å². The van der Waals surface area contributed by atoms with E-state index < -0.39 is 5.82 Å². The third-order valence-electron chi connectivity index (χ3n) is 4.85. The van der Waals surface area contributed by atoms with Crippen LogP contribution in [-0.4, -0.2) is 35.1 Å². The summed E-state index contributed by atoms with van der Waals surface area (Å²) in [6.45, 7) is 2.94. The maximum absolute atomic E-state index is 13.5. The molecule has 1 heterocycles. The normalized spacial score (nSPS) is 13.5. The van der Waals surface area contributed by atoms with Crippen LogP contribution in [0, 0.1) is 5.82 Å². The maximum atomic E-state index is 13.5. The van der Waals surface area contributed by atoms with Crippen molar-refractivity contribution in [2.75, 3.05) is 23.8 Å². The summed E-state index contributed by atoms with van der Waals surface area (Å²) in [5.74, 6) is 0.226. The highest BCUT2D eigenvalue weighted by Crippen LogP contribution is 2.33. The Kier molecular flexibility index (Phi) is 6.82. The molecule has 2 aromatic carbocycles. The first kappa shape index (κ1) is 22.0. The number of carbonyl (C=O) groups excluding carboxylic acids is 1. The van der Waals surface area contributed by atoms with E-state index in [1.165, 1.54) is 37.4 Å². The minimum atomic E-state index is -0.503. The van der Waals surface area contributed by atoms with Gasteiger partial charge in [0.15, 0.2) is 0 Å². The number of carbonyl (C=O) groups is 1. The third-order valence-corrected chi connectivity index (χ3v) is 5.14. The van der Waals surface area contributed by atoms with Crippen molar-refractivity contribution < 1.29 is 13.9 Å². The van der Waals surface area contributed by atoms with Gasteiger partial charge < -0.3 is 20.7 Å². The molecule has 9 heteroatoms. The van der Waals surface area contributed by atoms with Gasteiger partial charge in [0.1, 0.15) is 23.7 Å². The summed E-state index contributed by atoms with van der Waals surface area (Å²) in [5, 5.41) is 9.98. The second-order valence-electron chi connectivity index (χ2n) is 7.35. The van der Waals surface area contributed by atoms with Gasteiger partial charge in [-0.05, 0) is 44.0 Å². The molecule has 1 aliphatic rings. The van der Waals surface area contributed by atoms with Crippen molar-refractivity contribution in [1.82, 2.24) is 15.3 Å². The summed E-state index contributed by atoms with van der Waals surface area (Å²) in [5.41, 5.74) is 1.70. The van der Waals surface area contributed by atoms with Crippen molar-refractivity contribution in [3.05, 3.63) is 59.7 Å². The molecule has 0 spiro atoms. The van der Waals surface area contributed by atoms with E-state index in [1.54, 1.807) is 24.3 Å². The number of fused-ring (bicyclic) bond motifs is 1. The standard InChI is InChI=1S/C23H23ClFN5O2/c1-2-32-21-12-19-16(11-20(21)30-22(31)4-3-9-26-14-5-6-14)23(28-13-27-19)29-15-7-8-18(25)17(24)10-15/h3-4,7-8,10-14,26H,2,5-6,9H2,1H3,(H,30,31)(H,27,28,29). The number of nitrogens with zero attached hydrogens (tertiary/aromatic N) is 2. The van der Waals surface area contributed by atoms with Gasteiger partial charge in [-0.25, -0.2) is 14.4 Å². The number of halogens is 2. The van der Waals surface area contributed by atoms with E-state index in [0.29, 0.717) is 53.0 Å².